The lowest BCUT2D eigenvalue weighted by atomic mass is 10.0. The Kier molecular flexibility index (Phi) is 6.82. The zero-order chi connectivity index (χ0) is 20.6. The van der Waals surface area contributed by atoms with Crippen molar-refractivity contribution >= 4 is 16.7 Å². The Morgan fingerprint density at radius 3 is 2.55 bits per heavy atom. The number of hydrogen-bond donors (Lipinski definition) is 2. The van der Waals surface area contributed by atoms with Gasteiger partial charge in [0.05, 0.1) is 6.61 Å². The Morgan fingerprint density at radius 1 is 1.03 bits per heavy atom. The molecule has 0 bridgehead atoms. The van der Waals surface area contributed by atoms with E-state index >= 15 is 0 Å². The number of hydrogen-bond acceptors (Lipinski definition) is 3. The Morgan fingerprint density at radius 2 is 1.72 bits per heavy atom. The van der Waals surface area contributed by atoms with Gasteiger partial charge in [0.15, 0.2) is 0 Å². The topological polar surface area (TPSA) is 58.6 Å². The number of amides is 1. The van der Waals surface area contributed by atoms with Crippen LogP contribution in [-0.4, -0.2) is 17.6 Å². The fraction of sp³-hybridized carbons (Fsp3) is 0.160. The average molecular weight is 387 g/mol. The molecule has 3 aromatic carbocycles. The van der Waals surface area contributed by atoms with Crippen LogP contribution in [0.5, 0.6) is 5.75 Å². The van der Waals surface area contributed by atoms with Gasteiger partial charge in [-0.05, 0) is 41.0 Å². The second-order valence-electron chi connectivity index (χ2n) is 6.86. The molecule has 0 atom stereocenters. The molecule has 0 aliphatic carbocycles. The van der Waals surface area contributed by atoms with Crippen molar-refractivity contribution in [3.05, 3.63) is 102 Å². The first kappa shape index (κ1) is 20.4. The molecule has 0 heterocycles. The number of benzene rings is 3. The van der Waals surface area contributed by atoms with Crippen LogP contribution in [0.25, 0.3) is 10.8 Å². The van der Waals surface area contributed by atoms with Gasteiger partial charge in [-0.1, -0.05) is 67.2 Å². The zero-order valence-electron chi connectivity index (χ0n) is 16.5. The first-order valence-electron chi connectivity index (χ1n) is 9.51. The molecule has 0 aromatic heterocycles. The fourth-order valence-electron chi connectivity index (χ4n) is 3.12. The van der Waals surface area contributed by atoms with Gasteiger partial charge < -0.3 is 15.2 Å². The summed E-state index contributed by atoms with van der Waals surface area (Å²) in [5.41, 5.74) is 3.03. The van der Waals surface area contributed by atoms with Gasteiger partial charge >= 0.3 is 0 Å². The second-order valence-corrected chi connectivity index (χ2v) is 6.86. The summed E-state index contributed by atoms with van der Waals surface area (Å²) in [6.07, 6.45) is 1.72. The summed E-state index contributed by atoms with van der Waals surface area (Å²) in [4.78, 5) is 12.5. The van der Waals surface area contributed by atoms with Crippen molar-refractivity contribution in [1.29, 1.82) is 0 Å². The van der Waals surface area contributed by atoms with Crippen LogP contribution in [0.3, 0.4) is 0 Å². The minimum Gasteiger partial charge on any atom is -0.489 e. The molecule has 4 nitrogen and oxygen atoms in total. The van der Waals surface area contributed by atoms with E-state index in [1.807, 2.05) is 36.4 Å². The van der Waals surface area contributed by atoms with Gasteiger partial charge in [-0.2, -0.15) is 0 Å². The van der Waals surface area contributed by atoms with Crippen LogP contribution in [-0.2, 0) is 17.9 Å². The summed E-state index contributed by atoms with van der Waals surface area (Å²) in [6, 6.07) is 21.5. The molecule has 3 aromatic rings. The number of carbonyl (C=O) groups is 1. The lowest BCUT2D eigenvalue weighted by molar-refractivity contribution is -0.117. The summed E-state index contributed by atoms with van der Waals surface area (Å²) < 4.78 is 5.71. The van der Waals surface area contributed by atoms with E-state index in [0.29, 0.717) is 29.0 Å². The van der Waals surface area contributed by atoms with Gasteiger partial charge in [0.2, 0.25) is 5.91 Å². The van der Waals surface area contributed by atoms with Crippen LogP contribution < -0.4 is 10.1 Å². The number of nitrogens with one attached hydrogen (secondary N) is 1. The number of rotatable bonds is 8. The highest BCUT2D eigenvalue weighted by atomic mass is 16.5. The van der Waals surface area contributed by atoms with Gasteiger partial charge in [-0.15, -0.1) is 0 Å². The van der Waals surface area contributed by atoms with Crippen molar-refractivity contribution < 1.29 is 14.6 Å². The molecular formula is C25H25NO3. The molecule has 148 valence electrons. The van der Waals surface area contributed by atoms with E-state index < -0.39 is 0 Å². The maximum Gasteiger partial charge on any atom is 0.247 e. The standard InChI is InChI=1S/C25H25NO3/c1-18(17-29-24-13-6-4-9-22(24)16-27)14-19(2)25(28)26-15-21-11-7-10-20-8-3-5-12-23(20)21/h3-14,27H,1,15-17H2,2H3,(H,26,28)/b19-14+. The number of fused-ring (bicyclic) bond motifs is 1. The molecule has 0 fully saturated rings. The molecule has 0 unspecified atom stereocenters. The van der Waals surface area contributed by atoms with Crippen molar-refractivity contribution in [1.82, 2.24) is 5.32 Å². The SMILES string of the molecule is C=C(/C=C(\C)C(=O)NCc1cccc2ccccc12)COc1ccccc1CO. The van der Waals surface area contributed by atoms with Crippen molar-refractivity contribution in [2.45, 2.75) is 20.1 Å². The van der Waals surface area contributed by atoms with Gasteiger partial charge in [0.1, 0.15) is 12.4 Å². The second kappa shape index (κ2) is 9.71. The Hall–Kier alpha value is -3.37. The van der Waals surface area contributed by atoms with E-state index in [1.54, 1.807) is 25.1 Å². The van der Waals surface area contributed by atoms with Crippen molar-refractivity contribution in [2.24, 2.45) is 0 Å². The van der Waals surface area contributed by atoms with Crippen LogP contribution in [0.15, 0.2) is 90.5 Å². The highest BCUT2D eigenvalue weighted by Crippen LogP contribution is 2.19. The highest BCUT2D eigenvalue weighted by molar-refractivity contribution is 5.93. The quantitative estimate of drug-likeness (QED) is 0.441. The predicted molar refractivity (Wildman–Crippen MR) is 117 cm³/mol. The molecule has 0 aliphatic rings. The molecule has 0 saturated carbocycles. The third kappa shape index (κ3) is 5.33. The zero-order valence-corrected chi connectivity index (χ0v) is 16.5. The normalized spacial score (nSPS) is 11.3. The molecule has 3 rings (SSSR count). The van der Waals surface area contributed by atoms with Gasteiger partial charge in [0, 0.05) is 17.7 Å². The van der Waals surface area contributed by atoms with Crippen LogP contribution >= 0.6 is 0 Å². The first-order valence-corrected chi connectivity index (χ1v) is 9.51. The molecule has 0 spiro atoms. The average Bonchev–Trinajstić information content (AvgIpc) is 2.76. The van der Waals surface area contributed by atoms with E-state index in [1.165, 1.54) is 0 Å². The maximum absolute atomic E-state index is 12.5. The van der Waals surface area contributed by atoms with Gasteiger partial charge in [0.25, 0.3) is 0 Å². The first-order chi connectivity index (χ1) is 14.1. The minimum atomic E-state index is -0.144. The number of para-hydroxylation sites is 1. The van der Waals surface area contributed by atoms with Crippen LogP contribution in [0.4, 0.5) is 0 Å². The number of aliphatic hydroxyl groups is 1. The smallest absolute Gasteiger partial charge is 0.247 e. The Labute approximate surface area is 171 Å². The van der Waals surface area contributed by atoms with E-state index in [9.17, 15) is 9.90 Å². The van der Waals surface area contributed by atoms with E-state index in [2.05, 4.69) is 30.1 Å². The lowest BCUT2D eigenvalue weighted by Crippen LogP contribution is -2.23. The summed E-state index contributed by atoms with van der Waals surface area (Å²) in [5.74, 6) is 0.470. The number of ether oxygens (including phenoxy) is 1. The molecule has 2 N–H and O–H groups in total. The van der Waals surface area contributed by atoms with Crippen LogP contribution in [0.1, 0.15) is 18.1 Å². The molecule has 29 heavy (non-hydrogen) atoms. The van der Waals surface area contributed by atoms with Crippen LogP contribution in [0.2, 0.25) is 0 Å². The minimum absolute atomic E-state index is 0.0892. The molecule has 0 aliphatic heterocycles. The van der Waals surface area contributed by atoms with Crippen LogP contribution in [0, 0.1) is 0 Å². The number of aliphatic hydroxyl groups excluding tert-OH is 1. The van der Waals surface area contributed by atoms with Gasteiger partial charge in [-0.3, -0.25) is 4.79 Å². The molecule has 1 amide bonds. The highest BCUT2D eigenvalue weighted by Gasteiger charge is 2.07. The Bertz CT molecular complexity index is 1050. The summed E-state index contributed by atoms with van der Waals surface area (Å²) in [7, 11) is 0. The van der Waals surface area contributed by atoms with E-state index in [4.69, 9.17) is 4.74 Å². The molecule has 0 saturated heterocycles. The van der Waals surface area contributed by atoms with Crippen molar-refractivity contribution in [3.63, 3.8) is 0 Å². The molecule has 0 radical (unpaired) electrons. The molecule has 4 heteroatoms. The monoisotopic (exact) mass is 387 g/mol. The lowest BCUT2D eigenvalue weighted by Gasteiger charge is -2.11. The van der Waals surface area contributed by atoms with Crippen molar-refractivity contribution in [2.75, 3.05) is 6.61 Å². The third-order valence-corrected chi connectivity index (χ3v) is 4.65. The third-order valence-electron chi connectivity index (χ3n) is 4.65. The fourth-order valence-corrected chi connectivity index (χ4v) is 3.12. The molecular weight excluding hydrogens is 362 g/mol. The number of carbonyl (C=O) groups excluding carboxylic acids is 1. The van der Waals surface area contributed by atoms with E-state index in [-0.39, 0.29) is 19.1 Å². The summed E-state index contributed by atoms with van der Waals surface area (Å²) in [5, 5.41) is 14.6. The Balaban J connectivity index is 1.57. The largest absolute Gasteiger partial charge is 0.489 e. The van der Waals surface area contributed by atoms with Gasteiger partial charge in [-0.25, -0.2) is 0 Å². The van der Waals surface area contributed by atoms with E-state index in [0.717, 1.165) is 16.3 Å². The van der Waals surface area contributed by atoms with Crippen molar-refractivity contribution in [3.8, 4) is 5.75 Å². The maximum atomic E-state index is 12.5. The predicted octanol–water partition coefficient (Wildman–Crippen LogP) is 4.53. The summed E-state index contributed by atoms with van der Waals surface area (Å²) >= 11 is 0. The summed E-state index contributed by atoms with van der Waals surface area (Å²) in [6.45, 7) is 6.33.